The standard InChI is InChI=1S/C23H32N2O5S2/c1-3-30-22(29)18(11-10-17-8-5-4-6-9-17)24-16(2)20(26)25-15-23(14-19(25)21(27)28)31-12-7-13-32-23/h4-6,8-9,16,18-19,24H,3,7,10-15H2,1-2H3,(H,27,28)/t16?,18-,19-/m0/s1. The Hall–Kier alpha value is -1.71. The normalized spacial score (nSPS) is 21.8. The van der Waals surface area contributed by atoms with E-state index in [9.17, 15) is 19.5 Å². The number of amides is 1. The van der Waals surface area contributed by atoms with E-state index in [0.717, 1.165) is 23.5 Å². The van der Waals surface area contributed by atoms with Crippen LogP contribution in [0.25, 0.3) is 0 Å². The molecule has 2 N–H and O–H groups in total. The van der Waals surface area contributed by atoms with E-state index in [1.165, 1.54) is 4.90 Å². The predicted octanol–water partition coefficient (Wildman–Crippen LogP) is 2.78. The average molecular weight is 481 g/mol. The number of carbonyl (C=O) groups is 3. The zero-order valence-corrected chi connectivity index (χ0v) is 20.3. The lowest BCUT2D eigenvalue weighted by Gasteiger charge is -2.32. The van der Waals surface area contributed by atoms with Crippen LogP contribution in [0.1, 0.15) is 38.7 Å². The van der Waals surface area contributed by atoms with Gasteiger partial charge in [-0.1, -0.05) is 30.3 Å². The first-order valence-electron chi connectivity index (χ1n) is 11.1. The third-order valence-electron chi connectivity index (χ3n) is 5.84. The highest BCUT2D eigenvalue weighted by atomic mass is 32.2. The van der Waals surface area contributed by atoms with Crippen molar-refractivity contribution in [2.24, 2.45) is 0 Å². The van der Waals surface area contributed by atoms with Crippen molar-refractivity contribution >= 4 is 41.4 Å². The Bertz CT molecular complexity index is 801. The van der Waals surface area contributed by atoms with E-state index < -0.39 is 30.1 Å². The van der Waals surface area contributed by atoms with Crippen molar-refractivity contribution in [1.82, 2.24) is 10.2 Å². The number of carbonyl (C=O) groups excluding carboxylic acids is 2. The molecule has 0 saturated carbocycles. The number of likely N-dealkylation sites (tertiary alicyclic amines) is 1. The summed E-state index contributed by atoms with van der Waals surface area (Å²) in [4.78, 5) is 39.3. The van der Waals surface area contributed by atoms with Gasteiger partial charge in [0, 0.05) is 13.0 Å². The van der Waals surface area contributed by atoms with Crippen LogP contribution in [0.15, 0.2) is 30.3 Å². The Kier molecular flexibility index (Phi) is 8.90. The first-order valence-corrected chi connectivity index (χ1v) is 13.1. The van der Waals surface area contributed by atoms with Crippen LogP contribution < -0.4 is 5.32 Å². The average Bonchev–Trinajstić information content (AvgIpc) is 3.16. The van der Waals surface area contributed by atoms with E-state index in [1.807, 2.05) is 30.3 Å². The van der Waals surface area contributed by atoms with Gasteiger partial charge in [-0.25, -0.2) is 4.79 Å². The molecule has 1 unspecified atom stereocenters. The monoisotopic (exact) mass is 480 g/mol. The predicted molar refractivity (Wildman–Crippen MR) is 128 cm³/mol. The molecule has 9 heteroatoms. The summed E-state index contributed by atoms with van der Waals surface area (Å²) >= 11 is 3.54. The number of rotatable bonds is 9. The number of nitrogens with one attached hydrogen (secondary N) is 1. The fourth-order valence-electron chi connectivity index (χ4n) is 4.21. The van der Waals surface area contributed by atoms with Gasteiger partial charge >= 0.3 is 11.9 Å². The maximum Gasteiger partial charge on any atom is 0.326 e. The molecule has 2 fully saturated rings. The first kappa shape index (κ1) is 24.9. The highest BCUT2D eigenvalue weighted by Gasteiger charge is 2.51. The molecule has 3 rings (SSSR count). The van der Waals surface area contributed by atoms with Crippen LogP contribution in [0.2, 0.25) is 0 Å². The molecule has 0 aromatic heterocycles. The minimum absolute atomic E-state index is 0.245. The largest absolute Gasteiger partial charge is 0.480 e. The Morgan fingerprint density at radius 3 is 2.56 bits per heavy atom. The van der Waals surface area contributed by atoms with Crippen LogP contribution in [0, 0.1) is 0 Å². The summed E-state index contributed by atoms with van der Waals surface area (Å²) < 4.78 is 4.98. The van der Waals surface area contributed by atoms with Crippen molar-refractivity contribution in [1.29, 1.82) is 0 Å². The molecular weight excluding hydrogens is 448 g/mol. The number of carboxylic acid groups (broad SMARTS) is 1. The van der Waals surface area contributed by atoms with Gasteiger partial charge in [-0.15, -0.1) is 23.5 Å². The summed E-state index contributed by atoms with van der Waals surface area (Å²) in [5.74, 6) is 0.323. The molecule has 0 aliphatic carbocycles. The molecule has 2 aliphatic rings. The number of hydrogen-bond donors (Lipinski definition) is 2. The molecule has 1 aromatic carbocycles. The minimum atomic E-state index is -0.972. The first-order chi connectivity index (χ1) is 15.3. The highest BCUT2D eigenvalue weighted by molar-refractivity contribution is 8.18. The molecule has 2 heterocycles. The van der Waals surface area contributed by atoms with Crippen molar-refractivity contribution in [3.8, 4) is 0 Å². The summed E-state index contributed by atoms with van der Waals surface area (Å²) in [5, 5.41) is 12.9. The molecule has 0 radical (unpaired) electrons. The van der Waals surface area contributed by atoms with Gasteiger partial charge in [-0.05, 0) is 50.2 Å². The number of hydrogen-bond acceptors (Lipinski definition) is 7. The van der Waals surface area contributed by atoms with Crippen LogP contribution in [-0.4, -0.2) is 74.7 Å². The lowest BCUT2D eigenvalue weighted by molar-refractivity contribution is -0.150. The maximum absolute atomic E-state index is 13.3. The van der Waals surface area contributed by atoms with E-state index in [1.54, 1.807) is 37.4 Å². The summed E-state index contributed by atoms with van der Waals surface area (Å²) in [6.45, 7) is 4.12. The lowest BCUT2D eigenvalue weighted by atomic mass is 10.0. The second-order valence-electron chi connectivity index (χ2n) is 8.20. The van der Waals surface area contributed by atoms with E-state index in [4.69, 9.17) is 4.74 Å². The Balaban J connectivity index is 1.68. The zero-order valence-electron chi connectivity index (χ0n) is 18.6. The fraction of sp³-hybridized carbons (Fsp3) is 0.609. The zero-order chi connectivity index (χ0) is 23.1. The van der Waals surface area contributed by atoms with Gasteiger partial charge in [0.1, 0.15) is 12.1 Å². The molecule has 1 amide bonds. The van der Waals surface area contributed by atoms with Crippen molar-refractivity contribution in [2.45, 2.75) is 61.7 Å². The second-order valence-corrected chi connectivity index (χ2v) is 11.4. The van der Waals surface area contributed by atoms with Crippen LogP contribution in [0.4, 0.5) is 0 Å². The van der Waals surface area contributed by atoms with Crippen LogP contribution in [0.3, 0.4) is 0 Å². The number of carboxylic acids is 1. The number of benzene rings is 1. The van der Waals surface area contributed by atoms with Crippen molar-refractivity contribution in [3.05, 3.63) is 35.9 Å². The van der Waals surface area contributed by atoms with E-state index in [0.29, 0.717) is 25.8 Å². The molecule has 2 aliphatic heterocycles. The highest BCUT2D eigenvalue weighted by Crippen LogP contribution is 2.50. The van der Waals surface area contributed by atoms with Gasteiger partial charge in [0.25, 0.3) is 0 Å². The van der Waals surface area contributed by atoms with Crippen LogP contribution in [-0.2, 0) is 25.5 Å². The maximum atomic E-state index is 13.3. The summed E-state index contributed by atoms with van der Waals surface area (Å²) in [7, 11) is 0. The number of esters is 1. The number of aliphatic carboxylic acids is 1. The molecule has 2 saturated heterocycles. The van der Waals surface area contributed by atoms with Crippen LogP contribution in [0.5, 0.6) is 0 Å². The van der Waals surface area contributed by atoms with Crippen molar-refractivity contribution < 1.29 is 24.2 Å². The third-order valence-corrected chi connectivity index (χ3v) is 9.17. The van der Waals surface area contributed by atoms with Gasteiger partial charge in [-0.2, -0.15) is 0 Å². The summed E-state index contributed by atoms with van der Waals surface area (Å²) in [6.07, 6.45) is 2.70. The Morgan fingerprint density at radius 2 is 1.94 bits per heavy atom. The second kappa shape index (κ2) is 11.4. The molecule has 0 bridgehead atoms. The molecular formula is C23H32N2O5S2. The molecule has 176 valence electrons. The molecule has 1 aromatic rings. The van der Waals surface area contributed by atoms with E-state index >= 15 is 0 Å². The van der Waals surface area contributed by atoms with Crippen molar-refractivity contribution in [3.63, 3.8) is 0 Å². The number of aryl methyl sites for hydroxylation is 1. The lowest BCUT2D eigenvalue weighted by Crippen LogP contribution is -2.53. The van der Waals surface area contributed by atoms with Gasteiger partial charge < -0.3 is 14.7 Å². The minimum Gasteiger partial charge on any atom is -0.480 e. The SMILES string of the molecule is CCOC(=O)[C@H](CCc1ccccc1)NC(C)C(=O)N1CC2(C[C@H]1C(=O)O)SCCCS2. The van der Waals surface area contributed by atoms with E-state index in [2.05, 4.69) is 5.32 Å². The van der Waals surface area contributed by atoms with Gasteiger partial charge in [0.15, 0.2) is 0 Å². The third kappa shape index (κ3) is 6.20. The molecule has 3 atom stereocenters. The van der Waals surface area contributed by atoms with Gasteiger partial charge in [0.2, 0.25) is 5.91 Å². The molecule has 32 heavy (non-hydrogen) atoms. The van der Waals surface area contributed by atoms with Crippen LogP contribution >= 0.6 is 23.5 Å². The Labute approximate surface area is 198 Å². The molecule has 7 nitrogen and oxygen atoms in total. The summed E-state index contributed by atoms with van der Waals surface area (Å²) in [5.41, 5.74) is 1.10. The number of ether oxygens (including phenoxy) is 1. The smallest absolute Gasteiger partial charge is 0.326 e. The topological polar surface area (TPSA) is 95.9 Å². The number of thioether (sulfide) groups is 2. The Morgan fingerprint density at radius 1 is 1.25 bits per heavy atom. The van der Waals surface area contributed by atoms with Crippen molar-refractivity contribution in [2.75, 3.05) is 24.7 Å². The van der Waals surface area contributed by atoms with E-state index in [-0.39, 0.29) is 16.6 Å². The van der Waals surface area contributed by atoms with Gasteiger partial charge in [0.05, 0.1) is 16.7 Å². The number of nitrogens with zero attached hydrogens (tertiary/aromatic N) is 1. The fourth-order valence-corrected chi connectivity index (χ4v) is 7.56. The molecule has 1 spiro atoms. The summed E-state index contributed by atoms with van der Waals surface area (Å²) in [6, 6.07) is 7.65. The van der Waals surface area contributed by atoms with Gasteiger partial charge in [-0.3, -0.25) is 14.9 Å². The quantitative estimate of drug-likeness (QED) is 0.521.